The van der Waals surface area contributed by atoms with Crippen LogP contribution in [-0.4, -0.2) is 12.8 Å². The van der Waals surface area contributed by atoms with Crippen molar-refractivity contribution in [1.29, 1.82) is 0 Å². The summed E-state index contributed by atoms with van der Waals surface area (Å²) in [6.07, 6.45) is 0. The zero-order chi connectivity index (χ0) is 15.6. The Labute approximate surface area is 128 Å². The standard InChI is InChI=1S/C16H19FN2OS/c1-10(2)15(20)16-13(18)8-14(21-16)19(3)9-11-5-4-6-12(17)7-11/h4-8,10H,9,18H2,1-3H3. The predicted octanol–water partition coefficient (Wildman–Crippen LogP) is 3.94. The van der Waals surface area contributed by atoms with E-state index in [-0.39, 0.29) is 17.5 Å². The van der Waals surface area contributed by atoms with Crippen LogP contribution in [0.5, 0.6) is 0 Å². The summed E-state index contributed by atoms with van der Waals surface area (Å²) in [6.45, 7) is 4.28. The van der Waals surface area contributed by atoms with E-state index in [1.54, 1.807) is 12.1 Å². The molecule has 0 aliphatic heterocycles. The zero-order valence-corrected chi connectivity index (χ0v) is 13.2. The van der Waals surface area contributed by atoms with Gasteiger partial charge in [0.1, 0.15) is 5.82 Å². The molecule has 1 heterocycles. The molecule has 0 aliphatic rings. The average Bonchev–Trinajstić information content (AvgIpc) is 2.80. The number of rotatable bonds is 5. The first kappa shape index (κ1) is 15.5. The molecule has 1 aromatic carbocycles. The number of hydrogen-bond donors (Lipinski definition) is 1. The van der Waals surface area contributed by atoms with Crippen LogP contribution in [0.1, 0.15) is 29.1 Å². The van der Waals surface area contributed by atoms with Gasteiger partial charge in [0.25, 0.3) is 0 Å². The number of halogens is 1. The lowest BCUT2D eigenvalue weighted by molar-refractivity contribution is 0.0944. The van der Waals surface area contributed by atoms with Gasteiger partial charge in [-0.05, 0) is 23.8 Å². The Hall–Kier alpha value is -1.88. The molecular weight excluding hydrogens is 287 g/mol. The van der Waals surface area contributed by atoms with E-state index >= 15 is 0 Å². The predicted molar refractivity (Wildman–Crippen MR) is 86.4 cm³/mol. The van der Waals surface area contributed by atoms with E-state index in [2.05, 4.69) is 0 Å². The van der Waals surface area contributed by atoms with Crippen molar-refractivity contribution < 1.29 is 9.18 Å². The molecule has 0 radical (unpaired) electrons. The molecule has 112 valence electrons. The Bertz CT molecular complexity index is 651. The fourth-order valence-corrected chi connectivity index (χ4v) is 3.15. The number of carbonyl (C=O) groups is 1. The van der Waals surface area contributed by atoms with E-state index in [4.69, 9.17) is 5.73 Å². The number of nitrogen functional groups attached to an aromatic ring is 1. The van der Waals surface area contributed by atoms with Crippen molar-refractivity contribution in [3.63, 3.8) is 0 Å². The molecule has 0 amide bonds. The minimum atomic E-state index is -0.248. The summed E-state index contributed by atoms with van der Waals surface area (Å²) in [5.41, 5.74) is 7.33. The molecule has 2 aromatic rings. The summed E-state index contributed by atoms with van der Waals surface area (Å²) in [5.74, 6) is -0.266. The van der Waals surface area contributed by atoms with Crippen LogP contribution in [0.3, 0.4) is 0 Å². The number of ketones is 1. The molecule has 21 heavy (non-hydrogen) atoms. The highest BCUT2D eigenvalue weighted by molar-refractivity contribution is 7.18. The van der Waals surface area contributed by atoms with Crippen LogP contribution in [0.25, 0.3) is 0 Å². The molecule has 0 saturated heterocycles. The van der Waals surface area contributed by atoms with Crippen molar-refractivity contribution in [2.45, 2.75) is 20.4 Å². The molecule has 5 heteroatoms. The van der Waals surface area contributed by atoms with E-state index in [1.807, 2.05) is 31.9 Å². The maximum atomic E-state index is 13.2. The number of nitrogens with two attached hydrogens (primary N) is 1. The molecule has 3 nitrogen and oxygen atoms in total. The monoisotopic (exact) mass is 306 g/mol. The summed E-state index contributed by atoms with van der Waals surface area (Å²) in [5, 5.41) is 0.903. The fourth-order valence-electron chi connectivity index (χ4n) is 2.02. The molecule has 0 unspecified atom stereocenters. The van der Waals surface area contributed by atoms with E-state index in [1.165, 1.54) is 23.5 Å². The fraction of sp³-hybridized carbons (Fsp3) is 0.312. The van der Waals surface area contributed by atoms with Crippen molar-refractivity contribution in [2.24, 2.45) is 5.92 Å². The van der Waals surface area contributed by atoms with Crippen molar-refractivity contribution >= 4 is 27.8 Å². The highest BCUT2D eigenvalue weighted by Gasteiger charge is 2.18. The lowest BCUT2D eigenvalue weighted by Crippen LogP contribution is -2.15. The number of benzene rings is 1. The van der Waals surface area contributed by atoms with Gasteiger partial charge < -0.3 is 10.6 Å². The topological polar surface area (TPSA) is 46.3 Å². The largest absolute Gasteiger partial charge is 0.397 e. The maximum Gasteiger partial charge on any atom is 0.177 e. The summed E-state index contributed by atoms with van der Waals surface area (Å²) >= 11 is 1.39. The van der Waals surface area contributed by atoms with Crippen LogP contribution in [-0.2, 0) is 6.54 Å². The highest BCUT2D eigenvalue weighted by Crippen LogP contribution is 2.33. The van der Waals surface area contributed by atoms with Crippen molar-refractivity contribution in [3.8, 4) is 0 Å². The SMILES string of the molecule is CC(C)C(=O)c1sc(N(C)Cc2cccc(F)c2)cc1N. The summed E-state index contributed by atoms with van der Waals surface area (Å²) in [6, 6.07) is 8.30. The number of thiophene rings is 1. The molecule has 0 bridgehead atoms. The third kappa shape index (κ3) is 3.61. The van der Waals surface area contributed by atoms with Gasteiger partial charge in [-0.1, -0.05) is 26.0 Å². The summed E-state index contributed by atoms with van der Waals surface area (Å²) < 4.78 is 13.2. The highest BCUT2D eigenvalue weighted by atomic mass is 32.1. The molecular formula is C16H19FN2OS. The Balaban J connectivity index is 2.18. The van der Waals surface area contributed by atoms with Crippen LogP contribution < -0.4 is 10.6 Å². The van der Waals surface area contributed by atoms with Gasteiger partial charge in [-0.15, -0.1) is 11.3 Å². The number of Topliss-reactive ketones (excluding diaryl/α,β-unsaturated/α-hetero) is 1. The van der Waals surface area contributed by atoms with E-state index in [0.29, 0.717) is 17.1 Å². The van der Waals surface area contributed by atoms with Crippen LogP contribution >= 0.6 is 11.3 Å². The number of nitrogens with zero attached hydrogens (tertiary/aromatic N) is 1. The van der Waals surface area contributed by atoms with Crippen LogP contribution in [0.15, 0.2) is 30.3 Å². The lowest BCUT2D eigenvalue weighted by Gasteiger charge is -2.17. The molecule has 0 atom stereocenters. The van der Waals surface area contributed by atoms with Gasteiger partial charge >= 0.3 is 0 Å². The zero-order valence-electron chi connectivity index (χ0n) is 12.4. The van der Waals surface area contributed by atoms with Gasteiger partial charge in [0.15, 0.2) is 5.78 Å². The van der Waals surface area contributed by atoms with E-state index in [0.717, 1.165) is 10.6 Å². The number of carbonyl (C=O) groups excluding carboxylic acids is 1. The molecule has 0 saturated carbocycles. The third-order valence-electron chi connectivity index (χ3n) is 3.18. The summed E-state index contributed by atoms with van der Waals surface area (Å²) in [4.78, 5) is 14.6. The normalized spacial score (nSPS) is 10.9. The lowest BCUT2D eigenvalue weighted by atomic mass is 10.1. The number of hydrogen-bond acceptors (Lipinski definition) is 4. The Morgan fingerprint density at radius 1 is 1.38 bits per heavy atom. The van der Waals surface area contributed by atoms with Crippen molar-refractivity contribution in [3.05, 3.63) is 46.6 Å². The molecule has 0 spiro atoms. The van der Waals surface area contributed by atoms with Crippen LogP contribution in [0, 0.1) is 11.7 Å². The summed E-state index contributed by atoms with van der Waals surface area (Å²) in [7, 11) is 1.90. The first-order chi connectivity index (χ1) is 9.88. The molecule has 1 aromatic heterocycles. The minimum Gasteiger partial charge on any atom is -0.397 e. The van der Waals surface area contributed by atoms with Gasteiger partial charge in [0, 0.05) is 19.5 Å². The second-order valence-corrected chi connectivity index (χ2v) is 6.40. The minimum absolute atomic E-state index is 0.0582. The Morgan fingerprint density at radius 3 is 2.71 bits per heavy atom. The van der Waals surface area contributed by atoms with E-state index < -0.39 is 0 Å². The first-order valence-corrected chi connectivity index (χ1v) is 7.59. The number of anilines is 2. The first-order valence-electron chi connectivity index (χ1n) is 6.77. The molecule has 0 aliphatic carbocycles. The Kier molecular flexibility index (Phi) is 4.63. The third-order valence-corrected chi connectivity index (χ3v) is 4.46. The van der Waals surface area contributed by atoms with Gasteiger partial charge in [0.05, 0.1) is 15.6 Å². The van der Waals surface area contributed by atoms with Gasteiger partial charge in [-0.3, -0.25) is 4.79 Å². The van der Waals surface area contributed by atoms with Crippen LogP contribution in [0.4, 0.5) is 15.1 Å². The van der Waals surface area contributed by atoms with Crippen molar-refractivity contribution in [1.82, 2.24) is 0 Å². The van der Waals surface area contributed by atoms with E-state index in [9.17, 15) is 9.18 Å². The maximum absolute atomic E-state index is 13.2. The Morgan fingerprint density at radius 2 is 2.10 bits per heavy atom. The molecule has 2 N–H and O–H groups in total. The smallest absolute Gasteiger partial charge is 0.177 e. The average molecular weight is 306 g/mol. The van der Waals surface area contributed by atoms with Gasteiger partial charge in [0.2, 0.25) is 0 Å². The second kappa shape index (κ2) is 6.26. The van der Waals surface area contributed by atoms with Gasteiger partial charge in [-0.25, -0.2) is 4.39 Å². The second-order valence-electron chi connectivity index (χ2n) is 5.37. The molecule has 0 fully saturated rings. The van der Waals surface area contributed by atoms with Gasteiger partial charge in [-0.2, -0.15) is 0 Å². The van der Waals surface area contributed by atoms with Crippen molar-refractivity contribution in [2.75, 3.05) is 17.7 Å². The quantitative estimate of drug-likeness (QED) is 0.851. The van der Waals surface area contributed by atoms with Crippen LogP contribution in [0.2, 0.25) is 0 Å². The molecule has 2 rings (SSSR count).